The fraction of sp³-hybridized carbons (Fsp3) is 0.520. The van der Waals surface area contributed by atoms with Crippen molar-refractivity contribution < 1.29 is 28.6 Å². The quantitative estimate of drug-likeness (QED) is 0.135. The number of rotatable bonds is 11. The Hall–Kier alpha value is -3.16. The van der Waals surface area contributed by atoms with Crippen LogP contribution in [0.2, 0.25) is 0 Å². The van der Waals surface area contributed by atoms with E-state index in [1.165, 1.54) is 0 Å². The average Bonchev–Trinajstić information content (AvgIpc) is 2.82. The summed E-state index contributed by atoms with van der Waals surface area (Å²) >= 11 is 0. The molecule has 1 aromatic rings. The fourth-order valence-electron chi connectivity index (χ4n) is 3.73. The normalized spacial score (nSPS) is 18.2. The lowest BCUT2D eigenvalue weighted by atomic mass is 9.82. The third-order valence-corrected chi connectivity index (χ3v) is 5.60. The molecule has 0 aliphatic heterocycles. The average molecular weight is 459 g/mol. The SMILES string of the molecule is C=CC(=O)OCCCCOC(=O)C1CCC(C(=O)Oc2ccc(C)cc2/C(C)=N/NC)CC1. The number of ether oxygens (including phenoxy) is 3. The van der Waals surface area contributed by atoms with E-state index in [1.54, 1.807) is 13.1 Å². The van der Waals surface area contributed by atoms with E-state index < -0.39 is 5.97 Å². The molecule has 180 valence electrons. The molecule has 33 heavy (non-hydrogen) atoms. The maximum atomic E-state index is 12.8. The number of hydrogen-bond acceptors (Lipinski definition) is 8. The lowest BCUT2D eigenvalue weighted by Crippen LogP contribution is -2.29. The second-order valence-corrected chi connectivity index (χ2v) is 8.14. The number of hydrazone groups is 1. The number of carbonyl (C=O) groups excluding carboxylic acids is 3. The highest BCUT2D eigenvalue weighted by atomic mass is 16.5. The number of nitrogens with one attached hydrogen (secondary N) is 1. The summed E-state index contributed by atoms with van der Waals surface area (Å²) in [6.45, 7) is 7.72. The third-order valence-electron chi connectivity index (χ3n) is 5.60. The maximum absolute atomic E-state index is 12.8. The Morgan fingerprint density at radius 3 is 2.27 bits per heavy atom. The topological polar surface area (TPSA) is 103 Å². The summed E-state index contributed by atoms with van der Waals surface area (Å²) in [7, 11) is 1.72. The first-order valence-corrected chi connectivity index (χ1v) is 11.3. The number of hydrogen-bond donors (Lipinski definition) is 1. The number of aryl methyl sites for hydroxylation is 1. The Bertz CT molecular complexity index is 872. The zero-order chi connectivity index (χ0) is 24.2. The molecule has 1 aliphatic carbocycles. The molecule has 0 heterocycles. The molecule has 0 radical (unpaired) electrons. The monoisotopic (exact) mass is 458 g/mol. The molecule has 8 nitrogen and oxygen atoms in total. The van der Waals surface area contributed by atoms with Gasteiger partial charge in [-0.3, -0.25) is 9.59 Å². The van der Waals surface area contributed by atoms with Crippen molar-refractivity contribution >= 4 is 23.6 Å². The molecule has 1 aliphatic rings. The molecule has 0 aromatic heterocycles. The van der Waals surface area contributed by atoms with Crippen molar-refractivity contribution in [2.24, 2.45) is 16.9 Å². The highest BCUT2D eigenvalue weighted by molar-refractivity contribution is 6.01. The highest BCUT2D eigenvalue weighted by Gasteiger charge is 2.32. The molecule has 0 bridgehead atoms. The molecular formula is C25H34N2O6. The van der Waals surface area contributed by atoms with Gasteiger partial charge in [-0.2, -0.15) is 5.10 Å². The van der Waals surface area contributed by atoms with E-state index >= 15 is 0 Å². The molecule has 1 saturated carbocycles. The molecule has 8 heteroatoms. The van der Waals surface area contributed by atoms with E-state index in [4.69, 9.17) is 14.2 Å². The van der Waals surface area contributed by atoms with Crippen LogP contribution in [0.1, 0.15) is 56.6 Å². The van der Waals surface area contributed by atoms with Gasteiger partial charge in [0.2, 0.25) is 0 Å². The number of unbranched alkanes of at least 4 members (excludes halogenated alkanes) is 1. The van der Waals surface area contributed by atoms with Gasteiger partial charge >= 0.3 is 17.9 Å². The molecule has 1 aromatic carbocycles. The molecule has 0 amide bonds. The number of nitrogens with zero attached hydrogens (tertiary/aromatic N) is 1. The first kappa shape index (κ1) is 26.1. The van der Waals surface area contributed by atoms with Crippen LogP contribution in [0.25, 0.3) is 0 Å². The van der Waals surface area contributed by atoms with Crippen molar-refractivity contribution in [2.75, 3.05) is 20.3 Å². The van der Waals surface area contributed by atoms with E-state index in [-0.39, 0.29) is 37.0 Å². The predicted octanol–water partition coefficient (Wildman–Crippen LogP) is 3.70. The van der Waals surface area contributed by atoms with Gasteiger partial charge < -0.3 is 19.6 Å². The summed E-state index contributed by atoms with van der Waals surface area (Å²) in [5.74, 6) is -0.927. The zero-order valence-electron chi connectivity index (χ0n) is 19.7. The van der Waals surface area contributed by atoms with Crippen LogP contribution in [-0.4, -0.2) is 43.9 Å². The smallest absolute Gasteiger partial charge is 0.330 e. The molecule has 1 fully saturated rings. The summed E-state index contributed by atoms with van der Waals surface area (Å²) < 4.78 is 16.0. The summed E-state index contributed by atoms with van der Waals surface area (Å²) in [6.07, 6.45) is 4.71. The molecule has 0 saturated heterocycles. The standard InChI is InChI=1S/C25H34N2O6/c1-5-23(28)31-14-6-7-15-32-24(29)19-9-11-20(12-10-19)25(30)33-22-13-8-17(2)16-21(22)18(3)27-26-4/h5,8,13,16,19-20,26H,1,6-7,9-12,14-15H2,2-4H3/b27-18+. The lowest BCUT2D eigenvalue weighted by Gasteiger charge is -2.26. The minimum absolute atomic E-state index is 0.201. The molecule has 0 spiro atoms. The minimum Gasteiger partial charge on any atom is -0.465 e. The van der Waals surface area contributed by atoms with Crippen molar-refractivity contribution in [2.45, 2.75) is 52.4 Å². The van der Waals surface area contributed by atoms with Gasteiger partial charge in [-0.25, -0.2) is 4.79 Å². The minimum atomic E-state index is -0.456. The van der Waals surface area contributed by atoms with Crippen molar-refractivity contribution in [3.8, 4) is 5.75 Å². The highest BCUT2D eigenvalue weighted by Crippen LogP contribution is 2.31. The van der Waals surface area contributed by atoms with Crippen LogP contribution in [0.3, 0.4) is 0 Å². The van der Waals surface area contributed by atoms with Crippen molar-refractivity contribution in [1.29, 1.82) is 0 Å². The number of benzene rings is 1. The van der Waals surface area contributed by atoms with E-state index in [0.29, 0.717) is 44.3 Å². The van der Waals surface area contributed by atoms with Crippen molar-refractivity contribution in [3.05, 3.63) is 42.0 Å². The van der Waals surface area contributed by atoms with Gasteiger partial charge in [0.05, 0.1) is 30.8 Å². The van der Waals surface area contributed by atoms with E-state index in [2.05, 4.69) is 17.1 Å². The van der Waals surface area contributed by atoms with E-state index in [0.717, 1.165) is 22.9 Å². The predicted molar refractivity (Wildman–Crippen MR) is 125 cm³/mol. The zero-order valence-corrected chi connectivity index (χ0v) is 19.7. The van der Waals surface area contributed by atoms with Crippen LogP contribution in [0.15, 0.2) is 36.0 Å². The second kappa shape index (κ2) is 13.4. The van der Waals surface area contributed by atoms with E-state index in [9.17, 15) is 14.4 Å². The molecular weight excluding hydrogens is 424 g/mol. The van der Waals surface area contributed by atoms with Gasteiger partial charge in [0.1, 0.15) is 5.75 Å². The van der Waals surface area contributed by atoms with Gasteiger partial charge in [-0.05, 0) is 64.5 Å². The Balaban J connectivity index is 1.78. The Kier molecular flexibility index (Phi) is 10.6. The van der Waals surface area contributed by atoms with Gasteiger partial charge in [-0.1, -0.05) is 18.2 Å². The molecule has 1 N–H and O–H groups in total. The summed E-state index contributed by atoms with van der Waals surface area (Å²) in [5, 5.41) is 4.20. The largest absolute Gasteiger partial charge is 0.465 e. The van der Waals surface area contributed by atoms with Gasteiger partial charge in [0.15, 0.2) is 0 Å². The first-order chi connectivity index (χ1) is 15.8. The first-order valence-electron chi connectivity index (χ1n) is 11.3. The molecule has 0 atom stereocenters. The van der Waals surface area contributed by atoms with Crippen LogP contribution < -0.4 is 10.2 Å². The van der Waals surface area contributed by atoms with Crippen molar-refractivity contribution in [3.63, 3.8) is 0 Å². The third kappa shape index (κ3) is 8.36. The molecule has 0 unspecified atom stereocenters. The van der Waals surface area contributed by atoms with Crippen LogP contribution in [0.5, 0.6) is 5.75 Å². The second-order valence-electron chi connectivity index (χ2n) is 8.14. The van der Waals surface area contributed by atoms with E-state index in [1.807, 2.05) is 26.0 Å². The van der Waals surface area contributed by atoms with Crippen LogP contribution >= 0.6 is 0 Å². The number of esters is 3. The van der Waals surface area contributed by atoms with Crippen LogP contribution in [0.4, 0.5) is 0 Å². The maximum Gasteiger partial charge on any atom is 0.330 e. The van der Waals surface area contributed by atoms with Crippen molar-refractivity contribution in [1.82, 2.24) is 5.43 Å². The lowest BCUT2D eigenvalue weighted by molar-refractivity contribution is -0.152. The summed E-state index contributed by atoms with van der Waals surface area (Å²) in [4.78, 5) is 36.0. The Labute approximate surface area is 195 Å². The number of carbonyl (C=O) groups is 3. The van der Waals surface area contributed by atoms with Crippen LogP contribution in [-0.2, 0) is 23.9 Å². The Morgan fingerprint density at radius 1 is 1.06 bits per heavy atom. The summed E-state index contributed by atoms with van der Waals surface area (Å²) in [5.41, 5.74) is 5.31. The van der Waals surface area contributed by atoms with Crippen LogP contribution in [0, 0.1) is 18.8 Å². The fourth-order valence-corrected chi connectivity index (χ4v) is 3.73. The molecule has 2 rings (SSSR count). The van der Waals surface area contributed by atoms with Gasteiger partial charge in [-0.15, -0.1) is 0 Å². The van der Waals surface area contributed by atoms with Gasteiger partial charge in [0.25, 0.3) is 0 Å². The summed E-state index contributed by atoms with van der Waals surface area (Å²) in [6, 6.07) is 5.63. The Morgan fingerprint density at radius 2 is 1.67 bits per heavy atom. The van der Waals surface area contributed by atoms with Gasteiger partial charge in [0, 0.05) is 18.7 Å².